The van der Waals surface area contributed by atoms with Crippen molar-refractivity contribution in [2.24, 2.45) is 0 Å². The molecule has 1 aromatic rings. The highest BCUT2D eigenvalue weighted by molar-refractivity contribution is 6.32. The summed E-state index contributed by atoms with van der Waals surface area (Å²) >= 11 is 5.77. The molecule has 18 heavy (non-hydrogen) atoms. The Morgan fingerprint density at radius 3 is 2.39 bits per heavy atom. The molecule has 0 heterocycles. The number of hydrogen-bond acceptors (Lipinski definition) is 6. The molecule has 1 rings (SSSR count). The first kappa shape index (κ1) is 14.4. The predicted molar refractivity (Wildman–Crippen MR) is 63.2 cm³/mol. The normalized spacial score (nSPS) is 11.8. The van der Waals surface area contributed by atoms with E-state index in [1.165, 1.54) is 20.3 Å². The number of ether oxygens (including phenoxy) is 3. The van der Waals surface area contributed by atoms with Crippen LogP contribution in [0.2, 0.25) is 5.02 Å². The monoisotopic (exact) mass is 276 g/mol. The number of aliphatic hydroxyl groups excluding tert-OH is 1. The van der Waals surface area contributed by atoms with E-state index in [4.69, 9.17) is 21.1 Å². The zero-order chi connectivity index (χ0) is 13.9. The molecule has 0 spiro atoms. The third-order valence-corrected chi connectivity index (χ3v) is 2.62. The van der Waals surface area contributed by atoms with E-state index in [0.29, 0.717) is 0 Å². The van der Waals surface area contributed by atoms with E-state index in [1.807, 2.05) is 0 Å². The fraction of sp³-hybridized carbons (Fsp3) is 0.364. The van der Waals surface area contributed by atoms with Crippen LogP contribution in [0.25, 0.3) is 0 Å². The number of benzene rings is 1. The number of aliphatic hydroxyl groups is 1. The highest BCUT2D eigenvalue weighted by Gasteiger charge is 2.29. The van der Waals surface area contributed by atoms with E-state index in [1.54, 1.807) is 0 Å². The van der Waals surface area contributed by atoms with Crippen LogP contribution >= 0.6 is 11.6 Å². The number of hydrogen-bond donors (Lipinski definition) is 2. The van der Waals surface area contributed by atoms with Crippen molar-refractivity contribution in [2.45, 2.75) is 6.10 Å². The number of phenols is 1. The Bertz CT molecular complexity index is 459. The van der Waals surface area contributed by atoms with Gasteiger partial charge >= 0.3 is 5.97 Å². The number of rotatable bonds is 4. The Kier molecular flexibility index (Phi) is 4.63. The van der Waals surface area contributed by atoms with Gasteiger partial charge < -0.3 is 24.4 Å². The van der Waals surface area contributed by atoms with Crippen LogP contribution in [-0.2, 0) is 9.53 Å². The summed E-state index contributed by atoms with van der Waals surface area (Å²) in [6.45, 7) is 0. The quantitative estimate of drug-likeness (QED) is 0.806. The molecule has 6 nitrogen and oxygen atoms in total. The van der Waals surface area contributed by atoms with Crippen molar-refractivity contribution < 1.29 is 29.2 Å². The van der Waals surface area contributed by atoms with Crippen LogP contribution in [0.15, 0.2) is 6.07 Å². The summed E-state index contributed by atoms with van der Waals surface area (Å²) in [4.78, 5) is 11.3. The number of halogens is 1. The van der Waals surface area contributed by atoms with Crippen molar-refractivity contribution in [3.05, 3.63) is 16.7 Å². The minimum atomic E-state index is -1.72. The Labute approximate surface area is 109 Å². The molecule has 0 aromatic heterocycles. The van der Waals surface area contributed by atoms with Crippen LogP contribution < -0.4 is 9.47 Å². The summed E-state index contributed by atoms with van der Waals surface area (Å²) in [6, 6.07) is 1.31. The summed E-state index contributed by atoms with van der Waals surface area (Å²) in [5.41, 5.74) is -0.200. The van der Waals surface area contributed by atoms with Crippen LogP contribution in [0, 0.1) is 0 Å². The Hall–Kier alpha value is -1.66. The maximum atomic E-state index is 11.3. The van der Waals surface area contributed by atoms with Gasteiger partial charge in [-0.2, -0.15) is 0 Å². The van der Waals surface area contributed by atoms with Gasteiger partial charge in [0.15, 0.2) is 17.6 Å². The molecule has 2 N–H and O–H groups in total. The van der Waals surface area contributed by atoms with Crippen molar-refractivity contribution in [3.8, 4) is 17.2 Å². The van der Waals surface area contributed by atoms with Gasteiger partial charge in [0, 0.05) is 6.07 Å². The molecular weight excluding hydrogens is 264 g/mol. The molecule has 0 aliphatic carbocycles. The van der Waals surface area contributed by atoms with Gasteiger partial charge in [-0.1, -0.05) is 11.6 Å². The Balaban J connectivity index is 3.48. The summed E-state index contributed by atoms with van der Waals surface area (Å²) in [5, 5.41) is 19.5. The van der Waals surface area contributed by atoms with Gasteiger partial charge in [0.05, 0.1) is 31.9 Å². The average Bonchev–Trinajstić information content (AvgIpc) is 2.39. The molecule has 0 aliphatic rings. The van der Waals surface area contributed by atoms with Gasteiger partial charge in [-0.05, 0) is 0 Å². The minimum absolute atomic E-state index is 0.0114. The lowest BCUT2D eigenvalue weighted by atomic mass is 10.1. The van der Waals surface area contributed by atoms with E-state index in [0.717, 1.165) is 7.11 Å². The molecule has 0 bridgehead atoms. The second-order valence-electron chi connectivity index (χ2n) is 3.28. The first-order valence-corrected chi connectivity index (χ1v) is 5.24. The lowest BCUT2D eigenvalue weighted by Crippen LogP contribution is -2.15. The van der Waals surface area contributed by atoms with Gasteiger partial charge in [0.1, 0.15) is 5.75 Å². The molecule has 0 radical (unpaired) electrons. The molecule has 0 saturated heterocycles. The molecule has 0 amide bonds. The maximum absolute atomic E-state index is 11.3. The van der Waals surface area contributed by atoms with Crippen molar-refractivity contribution >= 4 is 17.6 Å². The fourth-order valence-corrected chi connectivity index (χ4v) is 1.66. The third-order valence-electron chi connectivity index (χ3n) is 2.33. The number of aromatic hydroxyl groups is 1. The van der Waals surface area contributed by atoms with Gasteiger partial charge in [0.2, 0.25) is 0 Å². The van der Waals surface area contributed by atoms with E-state index < -0.39 is 17.8 Å². The smallest absolute Gasteiger partial charge is 0.339 e. The highest BCUT2D eigenvalue weighted by Crippen LogP contribution is 2.45. The lowest BCUT2D eigenvalue weighted by molar-refractivity contribution is -0.150. The SMILES string of the molecule is COC(=O)C(O)c1c(O)c(Cl)cc(OC)c1OC. The van der Waals surface area contributed by atoms with Crippen LogP contribution in [-0.4, -0.2) is 37.5 Å². The van der Waals surface area contributed by atoms with Gasteiger partial charge in [-0.25, -0.2) is 4.79 Å². The van der Waals surface area contributed by atoms with E-state index in [2.05, 4.69) is 4.74 Å². The van der Waals surface area contributed by atoms with E-state index >= 15 is 0 Å². The molecule has 7 heteroatoms. The van der Waals surface area contributed by atoms with Gasteiger partial charge in [-0.3, -0.25) is 0 Å². The van der Waals surface area contributed by atoms with Crippen molar-refractivity contribution in [1.82, 2.24) is 0 Å². The van der Waals surface area contributed by atoms with E-state index in [-0.39, 0.29) is 22.1 Å². The Morgan fingerprint density at radius 2 is 1.94 bits per heavy atom. The van der Waals surface area contributed by atoms with Crippen molar-refractivity contribution in [1.29, 1.82) is 0 Å². The zero-order valence-electron chi connectivity index (χ0n) is 10.1. The molecule has 1 aromatic carbocycles. The zero-order valence-corrected chi connectivity index (χ0v) is 10.8. The predicted octanol–water partition coefficient (Wildman–Crippen LogP) is 1.27. The average molecular weight is 277 g/mol. The number of carbonyl (C=O) groups is 1. The number of methoxy groups -OCH3 is 3. The van der Waals surface area contributed by atoms with Crippen LogP contribution in [0.5, 0.6) is 17.2 Å². The maximum Gasteiger partial charge on any atom is 0.339 e. The molecule has 1 atom stereocenters. The summed E-state index contributed by atoms with van der Waals surface area (Å²) < 4.78 is 14.4. The molecule has 1 unspecified atom stereocenters. The third kappa shape index (κ3) is 2.44. The fourth-order valence-electron chi connectivity index (χ4n) is 1.46. The van der Waals surface area contributed by atoms with Crippen LogP contribution in [0.1, 0.15) is 11.7 Å². The second-order valence-corrected chi connectivity index (χ2v) is 3.69. The summed E-state index contributed by atoms with van der Waals surface area (Å²) in [5.74, 6) is -1.23. The first-order chi connectivity index (χ1) is 8.47. The lowest BCUT2D eigenvalue weighted by Gasteiger charge is -2.18. The molecule has 0 fully saturated rings. The Morgan fingerprint density at radius 1 is 1.33 bits per heavy atom. The molecule has 0 saturated carbocycles. The van der Waals surface area contributed by atoms with Crippen molar-refractivity contribution in [3.63, 3.8) is 0 Å². The minimum Gasteiger partial charge on any atom is -0.506 e. The standard InChI is InChI=1S/C11H13ClO6/c1-16-6-4-5(12)8(13)7(10(6)17-2)9(14)11(15)18-3/h4,9,13-14H,1-3H3. The molecule has 100 valence electrons. The van der Waals surface area contributed by atoms with Gasteiger partial charge in [0.25, 0.3) is 0 Å². The number of carbonyl (C=O) groups excluding carboxylic acids is 1. The summed E-state index contributed by atoms with van der Waals surface area (Å²) in [6.07, 6.45) is -1.72. The second kappa shape index (κ2) is 5.79. The van der Waals surface area contributed by atoms with Crippen LogP contribution in [0.3, 0.4) is 0 Å². The van der Waals surface area contributed by atoms with Crippen molar-refractivity contribution in [2.75, 3.05) is 21.3 Å². The van der Waals surface area contributed by atoms with Gasteiger partial charge in [-0.15, -0.1) is 0 Å². The number of phenolic OH excluding ortho intramolecular Hbond substituents is 1. The summed E-state index contributed by atoms with van der Waals surface area (Å²) in [7, 11) is 3.77. The first-order valence-electron chi connectivity index (χ1n) is 4.87. The largest absolute Gasteiger partial charge is 0.506 e. The number of esters is 1. The molecular formula is C11H13ClO6. The van der Waals surface area contributed by atoms with Crippen LogP contribution in [0.4, 0.5) is 0 Å². The highest BCUT2D eigenvalue weighted by atomic mass is 35.5. The van der Waals surface area contributed by atoms with E-state index in [9.17, 15) is 15.0 Å². The molecule has 0 aliphatic heterocycles. The topological polar surface area (TPSA) is 85.2 Å².